The minimum Gasteiger partial charge on any atom is -0.547 e. The Morgan fingerprint density at radius 3 is 2.39 bits per heavy atom. The van der Waals surface area contributed by atoms with E-state index >= 15 is 0 Å². The zero-order valence-corrected chi connectivity index (χ0v) is 20.9. The van der Waals surface area contributed by atoms with Gasteiger partial charge >= 0.3 is 6.92 Å². The minimum atomic E-state index is -1.42. The first-order valence-corrected chi connectivity index (χ1v) is 16.2. The Morgan fingerprint density at radius 1 is 1.10 bits per heavy atom. The van der Waals surface area contributed by atoms with Gasteiger partial charge in [-0.05, 0) is 40.8 Å². The molecule has 162 valence electrons. The zero-order chi connectivity index (χ0) is 21.8. The van der Waals surface area contributed by atoms with Crippen LogP contribution in [0, 0.1) is 18.3 Å². The Kier molecular flexibility index (Phi) is 7.09. The van der Waals surface area contributed by atoms with E-state index in [1.165, 1.54) is 38.5 Å². The van der Waals surface area contributed by atoms with Gasteiger partial charge in [-0.3, -0.25) is 0 Å². The summed E-state index contributed by atoms with van der Waals surface area (Å²) in [5.41, 5.74) is 1.70. The van der Waals surface area contributed by atoms with E-state index in [-0.39, 0.29) is 13.0 Å². The van der Waals surface area contributed by atoms with Crippen LogP contribution in [-0.4, -0.2) is 20.9 Å². The van der Waals surface area contributed by atoms with Crippen molar-refractivity contribution in [1.82, 2.24) is 0 Å². The van der Waals surface area contributed by atoms with Crippen molar-refractivity contribution >= 4 is 32.2 Å². The van der Waals surface area contributed by atoms with Crippen LogP contribution in [0.1, 0.15) is 55.0 Å². The number of fused-ring (bicyclic) bond motifs is 3. The van der Waals surface area contributed by atoms with Crippen LogP contribution in [0.15, 0.2) is 52.8 Å². The second-order valence-corrected chi connectivity index (χ2v) is 16.6. The molecular formula is C26H34BNOSSi. The van der Waals surface area contributed by atoms with Gasteiger partial charge in [-0.1, -0.05) is 88.4 Å². The van der Waals surface area contributed by atoms with Crippen LogP contribution < -0.4 is 0 Å². The van der Waals surface area contributed by atoms with Crippen LogP contribution in [0.3, 0.4) is 0 Å². The van der Waals surface area contributed by atoms with Crippen molar-refractivity contribution in [1.29, 1.82) is 0 Å². The fourth-order valence-electron chi connectivity index (χ4n) is 5.82. The molecule has 1 aromatic heterocycles. The van der Waals surface area contributed by atoms with E-state index in [1.54, 1.807) is 11.3 Å². The third-order valence-corrected chi connectivity index (χ3v) is 10.8. The van der Waals surface area contributed by atoms with E-state index in [2.05, 4.69) is 61.3 Å². The van der Waals surface area contributed by atoms with E-state index in [9.17, 15) is 0 Å². The molecule has 2 atom stereocenters. The van der Waals surface area contributed by atoms with E-state index in [0.717, 1.165) is 22.3 Å². The highest BCUT2D eigenvalue weighted by atomic mass is 32.1. The highest BCUT2D eigenvalue weighted by Crippen LogP contribution is 2.50. The largest absolute Gasteiger partial charge is 0.547 e. The highest BCUT2D eigenvalue weighted by molar-refractivity contribution is 7.10. The smallest absolute Gasteiger partial charge is 0.363 e. The van der Waals surface area contributed by atoms with Crippen molar-refractivity contribution in [3.63, 3.8) is 0 Å². The number of benzene rings is 1. The predicted molar refractivity (Wildman–Crippen MR) is 138 cm³/mol. The van der Waals surface area contributed by atoms with E-state index < -0.39 is 8.07 Å². The molecule has 0 amide bonds. The van der Waals surface area contributed by atoms with Gasteiger partial charge in [0.15, 0.2) is 5.90 Å². The van der Waals surface area contributed by atoms with Crippen LogP contribution in [0.5, 0.6) is 0 Å². The monoisotopic (exact) mass is 447 g/mol. The summed E-state index contributed by atoms with van der Waals surface area (Å²) >= 11 is 1.66. The third-order valence-electron chi connectivity index (χ3n) is 7.11. The van der Waals surface area contributed by atoms with Crippen molar-refractivity contribution in [3.8, 4) is 12.3 Å². The van der Waals surface area contributed by atoms with Gasteiger partial charge in [0.05, 0.1) is 0 Å². The Balaban J connectivity index is 1.74. The fourth-order valence-corrected chi connectivity index (χ4v) is 9.62. The van der Waals surface area contributed by atoms with Crippen LogP contribution >= 0.6 is 11.3 Å². The van der Waals surface area contributed by atoms with Gasteiger partial charge in [0.2, 0.25) is 0 Å². The molecule has 1 aromatic carbocycles. The number of hydrogen-bond acceptors (Lipinski definition) is 3. The van der Waals surface area contributed by atoms with E-state index in [1.807, 2.05) is 12.1 Å². The molecule has 2 aromatic rings. The van der Waals surface area contributed by atoms with Gasteiger partial charge in [-0.15, -0.1) is 17.8 Å². The van der Waals surface area contributed by atoms with Crippen molar-refractivity contribution in [3.05, 3.63) is 58.3 Å². The number of rotatable bonds is 5. The highest BCUT2D eigenvalue weighted by Gasteiger charge is 2.50. The number of nitrogens with zero attached hydrogens (tertiary/aromatic N) is 1. The van der Waals surface area contributed by atoms with E-state index in [4.69, 9.17) is 16.1 Å². The van der Waals surface area contributed by atoms with Crippen LogP contribution in [0.4, 0.5) is 0 Å². The zero-order valence-electron chi connectivity index (χ0n) is 19.1. The van der Waals surface area contributed by atoms with Gasteiger partial charge < -0.3 is 4.65 Å². The predicted octanol–water partition coefficient (Wildman–Crippen LogP) is 7.48. The Hall–Kier alpha value is -1.77. The number of terminal acetylenes is 1. The normalized spacial score (nSPS) is 25.4. The van der Waals surface area contributed by atoms with Crippen LogP contribution in [0.2, 0.25) is 30.9 Å². The van der Waals surface area contributed by atoms with Crippen molar-refractivity contribution in [2.24, 2.45) is 10.9 Å². The summed E-state index contributed by atoms with van der Waals surface area (Å²) in [5.74, 6) is 5.05. The maximum absolute atomic E-state index is 7.03. The number of hydrogen-bond donors (Lipinski definition) is 0. The molecule has 2 nitrogen and oxygen atoms in total. The molecule has 2 bridgehead atoms. The summed E-state index contributed by atoms with van der Waals surface area (Å²) in [6, 6.07) is 14.2. The maximum Gasteiger partial charge on any atom is 0.363 e. The summed E-state index contributed by atoms with van der Waals surface area (Å²) in [6.07, 6.45) is 13.9. The van der Waals surface area contributed by atoms with Gasteiger partial charge in [-0.2, -0.15) is 0 Å². The fraction of sp³-hybridized carbons (Fsp3) is 0.500. The molecule has 2 fully saturated rings. The van der Waals surface area contributed by atoms with Crippen molar-refractivity contribution < 1.29 is 4.65 Å². The molecule has 31 heavy (non-hydrogen) atoms. The SMILES string of the molecule is C#C[C@H](N=C(OB1C2CCCC(CCC2)C1[Si](C)(C)C)c1ccccc1)c1cccs1. The average Bonchev–Trinajstić information content (AvgIpc) is 3.13. The lowest BCUT2D eigenvalue weighted by atomic mass is 9.51. The molecule has 0 aliphatic carbocycles. The van der Waals surface area contributed by atoms with Gasteiger partial charge in [0.25, 0.3) is 0 Å². The maximum atomic E-state index is 7.03. The van der Waals surface area contributed by atoms with Gasteiger partial charge in [0, 0.05) is 18.5 Å². The number of aliphatic imine (C=N–C) groups is 1. The molecule has 2 saturated heterocycles. The first kappa shape index (κ1) is 22.4. The lowest BCUT2D eigenvalue weighted by Crippen LogP contribution is -2.46. The van der Waals surface area contributed by atoms with Crippen molar-refractivity contribution in [2.45, 2.75) is 75.5 Å². The lowest BCUT2D eigenvalue weighted by Gasteiger charge is -2.38. The van der Waals surface area contributed by atoms with Crippen LogP contribution in [-0.2, 0) is 4.65 Å². The molecular weight excluding hydrogens is 413 g/mol. The molecule has 0 radical (unpaired) electrons. The quantitative estimate of drug-likeness (QED) is 0.201. The summed E-state index contributed by atoms with van der Waals surface area (Å²) in [4.78, 5) is 6.14. The minimum absolute atomic E-state index is 0.252. The summed E-state index contributed by atoms with van der Waals surface area (Å²) < 4.78 is 7.03. The average molecular weight is 448 g/mol. The van der Waals surface area contributed by atoms with Crippen molar-refractivity contribution in [2.75, 3.05) is 0 Å². The molecule has 4 rings (SSSR count). The molecule has 3 heterocycles. The van der Waals surface area contributed by atoms with Gasteiger partial charge in [-0.25, -0.2) is 4.99 Å². The summed E-state index contributed by atoms with van der Waals surface area (Å²) in [6.45, 7) is 7.85. The Morgan fingerprint density at radius 2 is 1.81 bits per heavy atom. The molecule has 0 N–H and O–H groups in total. The third kappa shape index (κ3) is 5.18. The van der Waals surface area contributed by atoms with Gasteiger partial charge in [0.1, 0.15) is 6.04 Å². The molecule has 2 aliphatic rings. The molecule has 5 heteroatoms. The summed E-state index contributed by atoms with van der Waals surface area (Å²) in [5, 5.41) is 2.06. The summed E-state index contributed by atoms with van der Waals surface area (Å²) in [7, 11) is -1.42. The first-order chi connectivity index (χ1) is 15.0. The number of thiophene rings is 1. The first-order valence-electron chi connectivity index (χ1n) is 11.8. The standard InChI is InChI=1S/C26H34BNOSSi/c1-5-23(24-18-11-19-30-24)28-26(21-12-7-6-8-13-21)29-27-22-16-9-14-20(15-10-17-22)25(27)31(2,3)4/h1,6-8,11-13,18-20,22-23,25H,9-10,14-17H2,2-4H3/t20?,22?,23-,25?/m0/s1. The molecule has 0 spiro atoms. The topological polar surface area (TPSA) is 21.6 Å². The molecule has 2 aliphatic heterocycles. The molecule has 0 saturated carbocycles. The Labute approximate surface area is 193 Å². The second-order valence-electron chi connectivity index (χ2n) is 10.2. The Bertz CT molecular complexity index is 905. The molecule has 1 unspecified atom stereocenters. The lowest BCUT2D eigenvalue weighted by molar-refractivity contribution is 0.411. The van der Waals surface area contributed by atoms with Crippen LogP contribution in [0.25, 0.3) is 0 Å². The second kappa shape index (κ2) is 9.80. The van der Waals surface area contributed by atoms with E-state index in [0.29, 0.717) is 11.3 Å².